The molecular weight excluding hydrogens is 326 g/mol. The second-order valence-corrected chi connectivity index (χ2v) is 6.14. The zero-order valence-electron chi connectivity index (χ0n) is 14.6. The van der Waals surface area contributed by atoms with Gasteiger partial charge in [-0.1, -0.05) is 42.5 Å². The third kappa shape index (κ3) is 4.45. The Morgan fingerprint density at radius 3 is 2.62 bits per heavy atom. The normalized spacial score (nSPS) is 11.7. The Balaban J connectivity index is 1.56. The van der Waals surface area contributed by atoms with Crippen LogP contribution in [0.1, 0.15) is 41.7 Å². The topological polar surface area (TPSA) is 64.0 Å². The third-order valence-electron chi connectivity index (χ3n) is 4.23. The number of carbonyl (C=O) groups excluding carboxylic acids is 2. The molecule has 3 aromatic rings. The minimum atomic E-state index is -0.141. The summed E-state index contributed by atoms with van der Waals surface area (Å²) in [5, 5.41) is 2.96. The van der Waals surface area contributed by atoms with Crippen LogP contribution in [0.5, 0.6) is 0 Å². The zero-order valence-corrected chi connectivity index (χ0v) is 14.6. The fourth-order valence-corrected chi connectivity index (χ4v) is 2.76. The van der Waals surface area contributed by atoms with E-state index in [9.17, 15) is 9.59 Å². The molecule has 0 spiro atoms. The van der Waals surface area contributed by atoms with Crippen LogP contribution in [0, 0.1) is 0 Å². The number of hydrogen-bond acceptors (Lipinski definition) is 3. The van der Waals surface area contributed by atoms with Crippen LogP contribution < -0.4 is 5.32 Å². The highest BCUT2D eigenvalue weighted by Crippen LogP contribution is 2.17. The SMILES string of the molecule is C[C@H](NC(=O)CCC(=O)c1ccccc1)c1cccc(-n2ccnc2)c1. The van der Waals surface area contributed by atoms with E-state index in [4.69, 9.17) is 0 Å². The van der Waals surface area contributed by atoms with E-state index in [-0.39, 0.29) is 30.6 Å². The van der Waals surface area contributed by atoms with Crippen molar-refractivity contribution in [3.05, 3.63) is 84.4 Å². The fraction of sp³-hybridized carbons (Fsp3) is 0.190. The molecule has 0 radical (unpaired) electrons. The molecule has 0 saturated heterocycles. The van der Waals surface area contributed by atoms with Crippen LogP contribution in [-0.4, -0.2) is 21.2 Å². The van der Waals surface area contributed by atoms with E-state index in [2.05, 4.69) is 10.3 Å². The van der Waals surface area contributed by atoms with Crippen LogP contribution in [0.3, 0.4) is 0 Å². The number of aromatic nitrogens is 2. The Labute approximate surface area is 152 Å². The molecule has 132 valence electrons. The van der Waals surface area contributed by atoms with Gasteiger partial charge in [0.05, 0.1) is 12.4 Å². The van der Waals surface area contributed by atoms with Gasteiger partial charge in [-0.3, -0.25) is 9.59 Å². The van der Waals surface area contributed by atoms with Crippen LogP contribution in [0.25, 0.3) is 5.69 Å². The summed E-state index contributed by atoms with van der Waals surface area (Å²) in [6, 6.07) is 16.8. The molecule has 0 aliphatic rings. The first kappa shape index (κ1) is 17.6. The van der Waals surface area contributed by atoms with Gasteiger partial charge < -0.3 is 9.88 Å². The Morgan fingerprint density at radius 2 is 1.88 bits per heavy atom. The molecule has 5 nitrogen and oxygen atoms in total. The van der Waals surface area contributed by atoms with Gasteiger partial charge in [0, 0.05) is 36.5 Å². The van der Waals surface area contributed by atoms with Crippen molar-refractivity contribution in [2.75, 3.05) is 0 Å². The lowest BCUT2D eigenvalue weighted by Gasteiger charge is -2.15. The van der Waals surface area contributed by atoms with Gasteiger partial charge in [-0.25, -0.2) is 4.98 Å². The number of hydrogen-bond donors (Lipinski definition) is 1. The zero-order chi connectivity index (χ0) is 18.4. The quantitative estimate of drug-likeness (QED) is 0.663. The summed E-state index contributed by atoms with van der Waals surface area (Å²) in [7, 11) is 0. The lowest BCUT2D eigenvalue weighted by molar-refractivity contribution is -0.121. The van der Waals surface area contributed by atoms with Crippen molar-refractivity contribution in [2.45, 2.75) is 25.8 Å². The van der Waals surface area contributed by atoms with E-state index in [1.165, 1.54) is 0 Å². The highest BCUT2D eigenvalue weighted by atomic mass is 16.2. The number of nitrogens with zero attached hydrogens (tertiary/aromatic N) is 2. The summed E-state index contributed by atoms with van der Waals surface area (Å²) in [5.74, 6) is -0.148. The van der Waals surface area contributed by atoms with Crippen molar-refractivity contribution < 1.29 is 9.59 Å². The summed E-state index contributed by atoms with van der Waals surface area (Å²) in [6.45, 7) is 1.93. The van der Waals surface area contributed by atoms with Crippen molar-refractivity contribution >= 4 is 11.7 Å². The molecule has 1 amide bonds. The van der Waals surface area contributed by atoms with Crippen molar-refractivity contribution in [2.24, 2.45) is 0 Å². The fourth-order valence-electron chi connectivity index (χ4n) is 2.76. The third-order valence-corrected chi connectivity index (χ3v) is 4.23. The Kier molecular flexibility index (Phi) is 5.59. The minimum Gasteiger partial charge on any atom is -0.350 e. The molecule has 0 bridgehead atoms. The van der Waals surface area contributed by atoms with Gasteiger partial charge in [-0.2, -0.15) is 0 Å². The maximum Gasteiger partial charge on any atom is 0.220 e. The Morgan fingerprint density at radius 1 is 1.08 bits per heavy atom. The molecule has 0 unspecified atom stereocenters. The van der Waals surface area contributed by atoms with Crippen molar-refractivity contribution in [3.63, 3.8) is 0 Å². The molecule has 1 N–H and O–H groups in total. The molecular formula is C21H21N3O2. The second kappa shape index (κ2) is 8.25. The van der Waals surface area contributed by atoms with Gasteiger partial charge in [0.1, 0.15) is 0 Å². The highest BCUT2D eigenvalue weighted by Gasteiger charge is 2.13. The van der Waals surface area contributed by atoms with Crippen LogP contribution in [-0.2, 0) is 4.79 Å². The van der Waals surface area contributed by atoms with Gasteiger partial charge in [-0.05, 0) is 24.6 Å². The molecule has 1 aromatic heterocycles. The monoisotopic (exact) mass is 347 g/mol. The summed E-state index contributed by atoms with van der Waals surface area (Å²) in [5.41, 5.74) is 2.63. The molecule has 1 atom stereocenters. The van der Waals surface area contributed by atoms with Crippen molar-refractivity contribution in [1.82, 2.24) is 14.9 Å². The van der Waals surface area contributed by atoms with E-state index < -0.39 is 0 Å². The number of carbonyl (C=O) groups is 2. The lowest BCUT2D eigenvalue weighted by Crippen LogP contribution is -2.27. The largest absolute Gasteiger partial charge is 0.350 e. The summed E-state index contributed by atoms with van der Waals surface area (Å²) in [4.78, 5) is 28.3. The maximum absolute atomic E-state index is 12.2. The number of benzene rings is 2. The molecule has 2 aromatic carbocycles. The number of ketones is 1. The number of amides is 1. The summed E-state index contributed by atoms with van der Waals surface area (Å²) < 4.78 is 1.91. The van der Waals surface area contributed by atoms with Crippen LogP contribution in [0.15, 0.2) is 73.3 Å². The molecule has 5 heteroatoms. The highest BCUT2D eigenvalue weighted by molar-refractivity contribution is 5.97. The molecule has 26 heavy (non-hydrogen) atoms. The number of imidazole rings is 1. The van der Waals surface area contributed by atoms with Crippen LogP contribution >= 0.6 is 0 Å². The number of Topliss-reactive ketones (excluding diaryl/α,β-unsaturated/α-hetero) is 1. The van der Waals surface area contributed by atoms with Gasteiger partial charge >= 0.3 is 0 Å². The van der Waals surface area contributed by atoms with Gasteiger partial charge in [-0.15, -0.1) is 0 Å². The first-order valence-electron chi connectivity index (χ1n) is 8.59. The van der Waals surface area contributed by atoms with E-state index in [1.807, 2.05) is 60.2 Å². The maximum atomic E-state index is 12.2. The lowest BCUT2D eigenvalue weighted by atomic mass is 10.1. The van der Waals surface area contributed by atoms with Crippen molar-refractivity contribution in [1.29, 1.82) is 0 Å². The molecule has 1 heterocycles. The standard InChI is InChI=1S/C21H21N3O2/c1-16(18-8-5-9-19(14-18)24-13-12-22-15-24)23-21(26)11-10-20(25)17-6-3-2-4-7-17/h2-9,12-16H,10-11H2,1H3,(H,23,26)/t16-/m0/s1. The number of rotatable bonds is 7. The Bertz CT molecular complexity index is 873. The van der Waals surface area contributed by atoms with Gasteiger partial charge in [0.15, 0.2) is 5.78 Å². The van der Waals surface area contributed by atoms with Crippen LogP contribution in [0.4, 0.5) is 0 Å². The van der Waals surface area contributed by atoms with E-state index >= 15 is 0 Å². The molecule has 3 rings (SSSR count). The predicted octanol–water partition coefficient (Wildman–Crippen LogP) is 3.71. The molecule has 0 saturated carbocycles. The van der Waals surface area contributed by atoms with Crippen LogP contribution in [0.2, 0.25) is 0 Å². The van der Waals surface area contributed by atoms with Crippen molar-refractivity contribution in [3.8, 4) is 5.69 Å². The minimum absolute atomic E-state index is 0.0180. The summed E-state index contributed by atoms with van der Waals surface area (Å²) >= 11 is 0. The smallest absolute Gasteiger partial charge is 0.220 e. The molecule has 0 aliphatic carbocycles. The average Bonchev–Trinajstić information content (AvgIpc) is 3.22. The summed E-state index contributed by atoms with van der Waals surface area (Å²) in [6.07, 6.45) is 5.72. The van der Waals surface area contributed by atoms with E-state index in [1.54, 1.807) is 24.7 Å². The molecule has 0 fully saturated rings. The predicted molar refractivity (Wildman–Crippen MR) is 100 cm³/mol. The van der Waals surface area contributed by atoms with E-state index in [0.29, 0.717) is 5.56 Å². The Hall–Kier alpha value is -3.21. The second-order valence-electron chi connectivity index (χ2n) is 6.14. The van der Waals surface area contributed by atoms with Gasteiger partial charge in [0.2, 0.25) is 5.91 Å². The first-order chi connectivity index (χ1) is 12.6. The van der Waals surface area contributed by atoms with Gasteiger partial charge in [0.25, 0.3) is 0 Å². The van der Waals surface area contributed by atoms with E-state index in [0.717, 1.165) is 11.3 Å². The molecule has 0 aliphatic heterocycles. The number of nitrogens with one attached hydrogen (secondary N) is 1. The first-order valence-corrected chi connectivity index (χ1v) is 8.59. The average molecular weight is 347 g/mol.